The Kier molecular flexibility index (Phi) is 4.71. The van der Waals surface area contributed by atoms with Gasteiger partial charge in [0.25, 0.3) is 5.91 Å². The highest BCUT2D eigenvalue weighted by molar-refractivity contribution is 6.29. The van der Waals surface area contributed by atoms with E-state index in [2.05, 4.69) is 9.98 Å². The van der Waals surface area contributed by atoms with E-state index >= 15 is 0 Å². The Morgan fingerprint density at radius 1 is 1.32 bits per heavy atom. The van der Waals surface area contributed by atoms with Crippen molar-refractivity contribution < 1.29 is 4.79 Å². The molecule has 0 saturated heterocycles. The number of amides is 1. The van der Waals surface area contributed by atoms with Crippen LogP contribution in [0.25, 0.3) is 0 Å². The molecule has 2 heterocycles. The number of rotatable bonds is 3. The molecule has 0 bridgehead atoms. The Bertz CT molecular complexity index is 635. The molecule has 0 fully saturated rings. The van der Waals surface area contributed by atoms with E-state index in [1.165, 1.54) is 0 Å². The van der Waals surface area contributed by atoms with E-state index in [0.717, 1.165) is 5.56 Å². The van der Waals surface area contributed by atoms with E-state index in [1.807, 2.05) is 29.0 Å². The van der Waals surface area contributed by atoms with E-state index in [1.54, 1.807) is 18.3 Å². The van der Waals surface area contributed by atoms with Gasteiger partial charge in [0.05, 0.1) is 6.54 Å². The van der Waals surface area contributed by atoms with Crippen molar-refractivity contribution in [1.82, 2.24) is 9.55 Å². The first-order valence-corrected chi connectivity index (χ1v) is 6.50. The topological polar surface area (TPSA) is 47.2 Å². The first kappa shape index (κ1) is 13.8. The first-order chi connectivity index (χ1) is 9.19. The zero-order valence-corrected chi connectivity index (χ0v) is 11.5. The largest absolute Gasteiger partial charge is 0.328 e. The van der Waals surface area contributed by atoms with Crippen molar-refractivity contribution in [2.24, 2.45) is 4.99 Å². The lowest BCUT2D eigenvalue weighted by atomic mass is 10.3. The van der Waals surface area contributed by atoms with E-state index in [-0.39, 0.29) is 11.8 Å². The number of hydrogen-bond donors (Lipinski definition) is 0. The van der Waals surface area contributed by atoms with E-state index in [4.69, 9.17) is 23.2 Å². The maximum atomic E-state index is 11.3. The van der Waals surface area contributed by atoms with Gasteiger partial charge in [-0.15, -0.1) is 11.6 Å². The second-order valence-electron chi connectivity index (χ2n) is 3.82. The van der Waals surface area contributed by atoms with Gasteiger partial charge in [0.2, 0.25) is 0 Å². The molecule has 4 nitrogen and oxygen atoms in total. The summed E-state index contributed by atoms with van der Waals surface area (Å²) in [5.74, 6) is -0.493. The highest BCUT2D eigenvalue weighted by Crippen LogP contribution is 2.05. The highest BCUT2D eigenvalue weighted by Gasteiger charge is 1.99. The van der Waals surface area contributed by atoms with Crippen LogP contribution in [-0.4, -0.2) is 21.3 Å². The summed E-state index contributed by atoms with van der Waals surface area (Å²) in [7, 11) is 0. The minimum absolute atomic E-state index is 0.128. The molecular weight excluding hydrogens is 285 g/mol. The minimum Gasteiger partial charge on any atom is -0.328 e. The second-order valence-corrected chi connectivity index (χ2v) is 4.47. The Labute approximate surface area is 120 Å². The SMILES string of the molecule is O=C(CCl)/N=c1\ccccn1Cc1ccc(Cl)nc1. The molecule has 0 atom stereocenters. The van der Waals surface area contributed by atoms with Crippen molar-refractivity contribution in [2.45, 2.75) is 6.54 Å². The molecule has 0 radical (unpaired) electrons. The molecule has 1 amide bonds. The van der Waals surface area contributed by atoms with Gasteiger partial charge in [0.15, 0.2) is 0 Å². The summed E-state index contributed by atoms with van der Waals surface area (Å²) >= 11 is 11.2. The number of hydrogen-bond acceptors (Lipinski definition) is 2. The lowest BCUT2D eigenvalue weighted by Gasteiger charge is -2.06. The summed E-state index contributed by atoms with van der Waals surface area (Å²) in [6.07, 6.45) is 3.53. The molecule has 0 aliphatic rings. The minimum atomic E-state index is -0.365. The molecule has 0 N–H and O–H groups in total. The third kappa shape index (κ3) is 3.91. The van der Waals surface area contributed by atoms with Gasteiger partial charge in [0.1, 0.15) is 16.5 Å². The third-order valence-electron chi connectivity index (χ3n) is 2.41. The van der Waals surface area contributed by atoms with Crippen LogP contribution >= 0.6 is 23.2 Å². The normalized spacial score (nSPS) is 11.6. The van der Waals surface area contributed by atoms with Crippen molar-refractivity contribution in [2.75, 3.05) is 5.88 Å². The Morgan fingerprint density at radius 2 is 2.16 bits per heavy atom. The second kappa shape index (κ2) is 6.50. The van der Waals surface area contributed by atoms with Crippen LogP contribution in [0.3, 0.4) is 0 Å². The standard InChI is InChI=1S/C13H11Cl2N3O/c14-7-13(19)17-12-3-1-2-6-18(12)9-10-4-5-11(15)16-8-10/h1-6,8H,7,9H2/b17-12+. The molecule has 2 aromatic rings. The fourth-order valence-electron chi connectivity index (χ4n) is 1.56. The van der Waals surface area contributed by atoms with E-state index in [9.17, 15) is 4.79 Å². The number of alkyl halides is 1. The van der Waals surface area contributed by atoms with Gasteiger partial charge in [-0.1, -0.05) is 23.7 Å². The molecule has 2 aromatic heterocycles. The quantitative estimate of drug-likeness (QED) is 0.644. The molecular formula is C13H11Cl2N3O. The monoisotopic (exact) mass is 295 g/mol. The van der Waals surface area contributed by atoms with Crippen molar-refractivity contribution in [3.8, 4) is 0 Å². The van der Waals surface area contributed by atoms with Gasteiger partial charge >= 0.3 is 0 Å². The number of halogens is 2. The molecule has 98 valence electrons. The molecule has 0 spiro atoms. The molecule has 0 aromatic carbocycles. The van der Waals surface area contributed by atoms with Crippen molar-refractivity contribution in [3.05, 3.63) is 58.9 Å². The molecule has 2 rings (SSSR count). The first-order valence-electron chi connectivity index (χ1n) is 5.58. The average Bonchev–Trinajstić information content (AvgIpc) is 2.43. The summed E-state index contributed by atoms with van der Waals surface area (Å²) in [5.41, 5.74) is 1.53. The number of aromatic nitrogens is 2. The van der Waals surface area contributed by atoms with Gasteiger partial charge in [-0.05, 0) is 23.8 Å². The van der Waals surface area contributed by atoms with Crippen molar-refractivity contribution in [1.29, 1.82) is 0 Å². The van der Waals surface area contributed by atoms with Crippen LogP contribution in [0.1, 0.15) is 5.56 Å². The van der Waals surface area contributed by atoms with Crippen LogP contribution in [0.4, 0.5) is 0 Å². The van der Waals surface area contributed by atoms with E-state index in [0.29, 0.717) is 17.2 Å². The predicted octanol–water partition coefficient (Wildman–Crippen LogP) is 2.25. The molecule has 0 aliphatic carbocycles. The fourth-order valence-corrected chi connectivity index (χ4v) is 1.73. The molecule has 0 unspecified atom stereocenters. The van der Waals surface area contributed by atoms with Gasteiger partial charge in [-0.25, -0.2) is 4.98 Å². The molecule has 0 saturated carbocycles. The van der Waals surface area contributed by atoms with Gasteiger partial charge < -0.3 is 4.57 Å². The zero-order valence-electron chi connectivity index (χ0n) is 9.96. The Balaban J connectivity index is 2.32. The van der Waals surface area contributed by atoms with Gasteiger partial charge in [-0.3, -0.25) is 4.79 Å². The number of carbonyl (C=O) groups excluding carboxylic acids is 1. The maximum absolute atomic E-state index is 11.3. The smallest absolute Gasteiger partial charge is 0.262 e. The van der Waals surface area contributed by atoms with Crippen LogP contribution in [0.2, 0.25) is 5.15 Å². The van der Waals surface area contributed by atoms with Gasteiger partial charge in [-0.2, -0.15) is 4.99 Å². The zero-order chi connectivity index (χ0) is 13.7. The third-order valence-corrected chi connectivity index (χ3v) is 2.86. The van der Waals surface area contributed by atoms with Crippen LogP contribution in [-0.2, 0) is 11.3 Å². The number of carbonyl (C=O) groups is 1. The Hall–Kier alpha value is -1.65. The molecule has 0 aliphatic heterocycles. The van der Waals surface area contributed by atoms with Gasteiger partial charge in [0, 0.05) is 12.4 Å². The summed E-state index contributed by atoms with van der Waals surface area (Å²) in [6, 6.07) is 9.04. The number of pyridine rings is 2. The molecule has 19 heavy (non-hydrogen) atoms. The average molecular weight is 296 g/mol. The Morgan fingerprint density at radius 3 is 2.84 bits per heavy atom. The van der Waals surface area contributed by atoms with E-state index < -0.39 is 0 Å². The lowest BCUT2D eigenvalue weighted by molar-refractivity contribution is -0.115. The summed E-state index contributed by atoms with van der Waals surface area (Å²) in [6.45, 7) is 0.555. The van der Waals surface area contributed by atoms with Crippen LogP contribution in [0.15, 0.2) is 47.7 Å². The highest BCUT2D eigenvalue weighted by atomic mass is 35.5. The summed E-state index contributed by atoms with van der Waals surface area (Å²) in [4.78, 5) is 19.2. The van der Waals surface area contributed by atoms with Crippen LogP contribution < -0.4 is 5.49 Å². The predicted molar refractivity (Wildman–Crippen MR) is 74.1 cm³/mol. The van der Waals surface area contributed by atoms with Crippen LogP contribution in [0, 0.1) is 0 Å². The lowest BCUT2D eigenvalue weighted by Crippen LogP contribution is -2.22. The molecule has 6 heteroatoms. The summed E-state index contributed by atoms with van der Waals surface area (Å²) < 4.78 is 1.84. The summed E-state index contributed by atoms with van der Waals surface area (Å²) in [5, 5.41) is 0.448. The maximum Gasteiger partial charge on any atom is 0.262 e. The van der Waals surface area contributed by atoms with Crippen molar-refractivity contribution in [3.63, 3.8) is 0 Å². The fraction of sp³-hybridized carbons (Fsp3) is 0.154. The van der Waals surface area contributed by atoms with Crippen LogP contribution in [0.5, 0.6) is 0 Å². The number of nitrogens with zero attached hydrogens (tertiary/aromatic N) is 3. The van der Waals surface area contributed by atoms with Crippen molar-refractivity contribution >= 4 is 29.1 Å².